The van der Waals surface area contributed by atoms with Gasteiger partial charge in [0.25, 0.3) is 0 Å². The van der Waals surface area contributed by atoms with Crippen LogP contribution in [0.25, 0.3) is 22.5 Å². The summed E-state index contributed by atoms with van der Waals surface area (Å²) in [6, 6.07) is 14.8. The molecule has 4 rings (SSSR count). The second-order valence-electron chi connectivity index (χ2n) is 9.02. The highest BCUT2D eigenvalue weighted by Crippen LogP contribution is 2.42. The number of amides is 2. The second-order valence-corrected chi connectivity index (χ2v) is 9.02. The summed E-state index contributed by atoms with van der Waals surface area (Å²) in [5, 5.41) is 10.2. The third-order valence-electron chi connectivity index (χ3n) is 6.99. The lowest BCUT2D eigenvalue weighted by Gasteiger charge is -2.39. The monoisotopic (exact) mass is 508 g/mol. The first-order valence-corrected chi connectivity index (χ1v) is 11.9. The summed E-state index contributed by atoms with van der Waals surface area (Å²) in [4.78, 5) is 32.2. The Morgan fingerprint density at radius 2 is 1.43 bits per heavy atom. The van der Waals surface area contributed by atoms with E-state index in [-0.39, 0.29) is 13.1 Å². The molecular weight excluding hydrogens is 476 g/mol. The fourth-order valence-corrected chi connectivity index (χ4v) is 4.95. The van der Waals surface area contributed by atoms with Crippen LogP contribution in [-0.4, -0.2) is 78.2 Å². The molecule has 2 aromatic carbocycles. The fourth-order valence-electron chi connectivity index (χ4n) is 4.95. The molecule has 1 fully saturated rings. The number of carbonyl (C=O) groups excluding carboxylic acids is 2. The lowest BCUT2D eigenvalue weighted by atomic mass is 9.77. The molecular formula is C27H32N4O6. The van der Waals surface area contributed by atoms with Gasteiger partial charge in [-0.1, -0.05) is 0 Å². The van der Waals surface area contributed by atoms with Crippen LogP contribution in [0, 0.1) is 0 Å². The summed E-state index contributed by atoms with van der Waals surface area (Å²) >= 11 is 0. The second kappa shape index (κ2) is 10.5. The van der Waals surface area contributed by atoms with Gasteiger partial charge in [-0.25, -0.2) is 14.8 Å². The molecule has 3 aromatic rings. The van der Waals surface area contributed by atoms with E-state index in [1.165, 1.54) is 19.1 Å². The Bertz CT molecular complexity index is 1260. The van der Waals surface area contributed by atoms with Gasteiger partial charge in [0.2, 0.25) is 0 Å². The molecule has 1 aromatic heterocycles. The van der Waals surface area contributed by atoms with E-state index in [0.717, 1.165) is 28.3 Å². The van der Waals surface area contributed by atoms with E-state index in [1.54, 1.807) is 14.2 Å². The van der Waals surface area contributed by atoms with Crippen LogP contribution in [0.1, 0.15) is 18.7 Å². The molecule has 37 heavy (non-hydrogen) atoms. The van der Waals surface area contributed by atoms with Crippen molar-refractivity contribution in [3.05, 3.63) is 54.4 Å². The Morgan fingerprint density at radius 1 is 0.919 bits per heavy atom. The first-order chi connectivity index (χ1) is 17.7. The van der Waals surface area contributed by atoms with Crippen LogP contribution >= 0.6 is 0 Å². The average Bonchev–Trinajstić information content (AvgIpc) is 3.29. The fraction of sp³-hybridized carbons (Fsp3) is 0.370. The number of ether oxygens (including phenoxy) is 3. The number of benzene rings is 2. The number of methoxy groups -OCH3 is 3. The van der Waals surface area contributed by atoms with Crippen LogP contribution in [0.15, 0.2) is 48.5 Å². The zero-order valence-corrected chi connectivity index (χ0v) is 21.7. The highest BCUT2D eigenvalue weighted by molar-refractivity contribution is 5.86. The molecule has 0 saturated carbocycles. The molecule has 0 aliphatic carbocycles. The quantitative estimate of drug-likeness (QED) is 0.307. The van der Waals surface area contributed by atoms with Crippen molar-refractivity contribution in [3.63, 3.8) is 0 Å². The van der Waals surface area contributed by atoms with Crippen molar-refractivity contribution in [2.75, 3.05) is 41.5 Å². The number of esters is 1. The van der Waals surface area contributed by atoms with Gasteiger partial charge in [0.05, 0.1) is 32.7 Å². The van der Waals surface area contributed by atoms with Crippen LogP contribution in [0.2, 0.25) is 0 Å². The number of aromatic nitrogens is 2. The van der Waals surface area contributed by atoms with E-state index in [2.05, 4.69) is 0 Å². The summed E-state index contributed by atoms with van der Waals surface area (Å²) in [6.45, 7) is 0.531. The summed E-state index contributed by atoms with van der Waals surface area (Å²) in [5.41, 5.74) is 2.24. The van der Waals surface area contributed by atoms with Crippen LogP contribution in [0.5, 0.6) is 11.5 Å². The third kappa shape index (κ3) is 4.72. The molecule has 0 unspecified atom stereocenters. The van der Waals surface area contributed by atoms with Crippen molar-refractivity contribution >= 4 is 12.0 Å². The van der Waals surface area contributed by atoms with E-state index in [1.807, 2.05) is 60.1 Å². The Hall–Kier alpha value is -4.05. The first-order valence-electron chi connectivity index (χ1n) is 11.9. The molecule has 2 amide bonds. The SMILES string of the molecule is COC(=O)C1(c2nc(-c3ccc(OC)cc3)c(-c3ccc(OC)cc3)n2C)CCN(C(=O)N(C)O)CC1. The Labute approximate surface area is 215 Å². The number of urea groups is 1. The molecule has 10 nitrogen and oxygen atoms in total. The van der Waals surface area contributed by atoms with E-state index < -0.39 is 17.4 Å². The maximum Gasteiger partial charge on any atom is 0.343 e. The maximum absolute atomic E-state index is 13.3. The Balaban J connectivity index is 1.86. The molecule has 0 bridgehead atoms. The molecule has 1 aliphatic rings. The van der Waals surface area contributed by atoms with Crippen molar-refractivity contribution in [1.82, 2.24) is 19.5 Å². The van der Waals surface area contributed by atoms with Gasteiger partial charge in [-0.2, -0.15) is 0 Å². The summed E-state index contributed by atoms with van der Waals surface area (Å²) in [6.07, 6.45) is 0.600. The molecule has 2 heterocycles. The van der Waals surface area contributed by atoms with Gasteiger partial charge in [0.1, 0.15) is 22.7 Å². The number of imidazole rings is 1. The van der Waals surface area contributed by atoms with Gasteiger partial charge < -0.3 is 23.7 Å². The zero-order valence-electron chi connectivity index (χ0n) is 21.7. The summed E-state index contributed by atoms with van der Waals surface area (Å²) in [7, 11) is 7.76. The Morgan fingerprint density at radius 3 is 1.89 bits per heavy atom. The molecule has 0 atom stereocenters. The van der Waals surface area contributed by atoms with E-state index in [4.69, 9.17) is 19.2 Å². The summed E-state index contributed by atoms with van der Waals surface area (Å²) < 4.78 is 17.9. The van der Waals surface area contributed by atoms with E-state index >= 15 is 0 Å². The summed E-state index contributed by atoms with van der Waals surface area (Å²) in [5.74, 6) is 1.60. The molecule has 0 spiro atoms. The third-order valence-corrected chi connectivity index (χ3v) is 6.99. The normalized spacial score (nSPS) is 14.7. The van der Waals surface area contributed by atoms with Crippen LogP contribution < -0.4 is 9.47 Å². The van der Waals surface area contributed by atoms with Gasteiger partial charge in [-0.15, -0.1) is 0 Å². The van der Waals surface area contributed by atoms with Crippen molar-refractivity contribution in [1.29, 1.82) is 0 Å². The van der Waals surface area contributed by atoms with Crippen LogP contribution in [-0.2, 0) is 22.0 Å². The van der Waals surface area contributed by atoms with Gasteiger partial charge in [-0.3, -0.25) is 10.0 Å². The highest BCUT2D eigenvalue weighted by atomic mass is 16.5. The lowest BCUT2D eigenvalue weighted by Crippen LogP contribution is -2.52. The molecule has 1 N–H and O–H groups in total. The van der Waals surface area contributed by atoms with Crippen molar-refractivity contribution in [3.8, 4) is 34.0 Å². The first kappa shape index (κ1) is 26.0. The van der Waals surface area contributed by atoms with Gasteiger partial charge >= 0.3 is 12.0 Å². The number of rotatable bonds is 6. The topological polar surface area (TPSA) is 106 Å². The standard InChI is InChI=1S/C27H32N4O6/c1-29-23(19-8-12-21(36-4)13-9-19)22(18-6-10-20(35-3)11-7-18)28-24(29)27(25(32)37-5)14-16-31(17-15-27)26(33)30(2)34/h6-13,34H,14-17H2,1-5H3. The predicted molar refractivity (Wildman–Crippen MR) is 137 cm³/mol. The molecule has 10 heteroatoms. The predicted octanol–water partition coefficient (Wildman–Crippen LogP) is 3.72. The molecule has 196 valence electrons. The van der Waals surface area contributed by atoms with Crippen LogP contribution in [0.4, 0.5) is 4.79 Å². The number of hydrogen-bond donors (Lipinski definition) is 1. The maximum atomic E-state index is 13.3. The molecule has 1 aliphatic heterocycles. The molecule has 0 radical (unpaired) electrons. The number of piperidine rings is 1. The van der Waals surface area contributed by atoms with E-state index in [0.29, 0.717) is 29.4 Å². The van der Waals surface area contributed by atoms with Gasteiger partial charge in [-0.05, 0) is 61.4 Å². The minimum Gasteiger partial charge on any atom is -0.497 e. The zero-order chi connectivity index (χ0) is 26.7. The minimum absolute atomic E-state index is 0.265. The number of hydroxylamine groups is 2. The lowest BCUT2D eigenvalue weighted by molar-refractivity contribution is -0.150. The van der Waals surface area contributed by atoms with Gasteiger partial charge in [0, 0.05) is 38.3 Å². The highest BCUT2D eigenvalue weighted by Gasteiger charge is 2.49. The Kier molecular flexibility index (Phi) is 7.40. The number of likely N-dealkylation sites (tertiary alicyclic amines) is 1. The van der Waals surface area contributed by atoms with Crippen molar-refractivity contribution in [2.24, 2.45) is 7.05 Å². The number of hydrogen-bond acceptors (Lipinski definition) is 7. The van der Waals surface area contributed by atoms with Gasteiger partial charge in [0.15, 0.2) is 0 Å². The minimum atomic E-state index is -1.07. The van der Waals surface area contributed by atoms with Crippen LogP contribution in [0.3, 0.4) is 0 Å². The van der Waals surface area contributed by atoms with Crippen molar-refractivity contribution < 1.29 is 29.0 Å². The number of carbonyl (C=O) groups is 2. The smallest absolute Gasteiger partial charge is 0.343 e. The number of nitrogens with zero attached hydrogens (tertiary/aromatic N) is 4. The van der Waals surface area contributed by atoms with E-state index in [9.17, 15) is 14.8 Å². The molecule has 1 saturated heterocycles. The largest absolute Gasteiger partial charge is 0.497 e. The average molecular weight is 509 g/mol. The van der Waals surface area contributed by atoms with Crippen molar-refractivity contribution in [2.45, 2.75) is 18.3 Å².